The van der Waals surface area contributed by atoms with Crippen molar-refractivity contribution in [1.82, 2.24) is 5.32 Å². The number of carbonyl (C=O) groups is 3. The van der Waals surface area contributed by atoms with Crippen LogP contribution in [0, 0.1) is 5.92 Å². The van der Waals surface area contributed by atoms with Crippen LogP contribution in [-0.2, 0) is 25.5 Å². The van der Waals surface area contributed by atoms with E-state index in [2.05, 4.69) is 10.6 Å². The van der Waals surface area contributed by atoms with Crippen LogP contribution in [0.15, 0.2) is 48.5 Å². The highest BCUT2D eigenvalue weighted by molar-refractivity contribution is 6.39. The predicted molar refractivity (Wildman–Crippen MR) is 113 cm³/mol. The molecule has 0 aromatic heterocycles. The molecule has 2 N–H and O–H groups in total. The van der Waals surface area contributed by atoms with Gasteiger partial charge in [-0.1, -0.05) is 73.4 Å². The van der Waals surface area contributed by atoms with Crippen LogP contribution < -0.4 is 10.6 Å². The summed E-state index contributed by atoms with van der Waals surface area (Å²) < 4.78 is 5.08. The SMILES string of the molecule is CC(C)[C@H](NC(=O)Cc1ccccc1)C(=O)OCC(=O)Nc1c(Cl)cccc1Cl. The number of benzene rings is 2. The number of anilines is 1. The van der Waals surface area contributed by atoms with Crippen molar-refractivity contribution < 1.29 is 19.1 Å². The first kappa shape index (κ1) is 22.7. The Hall–Kier alpha value is -2.57. The van der Waals surface area contributed by atoms with Gasteiger partial charge in [0.05, 0.1) is 22.2 Å². The van der Waals surface area contributed by atoms with Crippen molar-refractivity contribution in [2.24, 2.45) is 5.92 Å². The molecular weight excluding hydrogens is 415 g/mol. The summed E-state index contributed by atoms with van der Waals surface area (Å²) in [4.78, 5) is 36.7. The summed E-state index contributed by atoms with van der Waals surface area (Å²) in [6.07, 6.45) is 0.142. The molecule has 0 spiro atoms. The lowest BCUT2D eigenvalue weighted by Gasteiger charge is -2.21. The Balaban J connectivity index is 1.90. The van der Waals surface area contributed by atoms with Crippen LogP contribution in [-0.4, -0.2) is 30.4 Å². The van der Waals surface area contributed by atoms with E-state index in [4.69, 9.17) is 27.9 Å². The average Bonchev–Trinajstić information content (AvgIpc) is 2.68. The van der Waals surface area contributed by atoms with Crippen LogP contribution in [0.2, 0.25) is 10.0 Å². The molecule has 0 aliphatic carbocycles. The van der Waals surface area contributed by atoms with Crippen molar-refractivity contribution in [2.75, 3.05) is 11.9 Å². The van der Waals surface area contributed by atoms with Gasteiger partial charge in [0.1, 0.15) is 6.04 Å². The highest BCUT2D eigenvalue weighted by Gasteiger charge is 2.26. The number of hydrogen-bond acceptors (Lipinski definition) is 4. The monoisotopic (exact) mass is 436 g/mol. The molecule has 0 aliphatic heterocycles. The molecule has 0 heterocycles. The zero-order valence-corrected chi connectivity index (χ0v) is 17.6. The molecule has 1 atom stereocenters. The van der Waals surface area contributed by atoms with Gasteiger partial charge in [-0.3, -0.25) is 9.59 Å². The fourth-order valence-electron chi connectivity index (χ4n) is 2.52. The van der Waals surface area contributed by atoms with E-state index in [0.717, 1.165) is 5.56 Å². The molecule has 2 rings (SSSR count). The van der Waals surface area contributed by atoms with Crippen molar-refractivity contribution in [3.8, 4) is 0 Å². The Labute approximate surface area is 179 Å². The minimum Gasteiger partial charge on any atom is -0.454 e. The summed E-state index contributed by atoms with van der Waals surface area (Å²) >= 11 is 12.0. The molecule has 0 radical (unpaired) electrons. The number of ether oxygens (including phenoxy) is 1. The number of para-hydroxylation sites is 1. The molecule has 2 aromatic carbocycles. The molecule has 2 aromatic rings. The van der Waals surface area contributed by atoms with E-state index in [1.807, 2.05) is 30.3 Å². The minimum atomic E-state index is -0.872. The maximum Gasteiger partial charge on any atom is 0.329 e. The van der Waals surface area contributed by atoms with Gasteiger partial charge in [-0.05, 0) is 23.6 Å². The second-order valence-electron chi connectivity index (χ2n) is 6.70. The van der Waals surface area contributed by atoms with Crippen LogP contribution in [0.5, 0.6) is 0 Å². The first-order valence-electron chi connectivity index (χ1n) is 9.01. The molecule has 0 fully saturated rings. The molecule has 29 heavy (non-hydrogen) atoms. The van der Waals surface area contributed by atoms with E-state index >= 15 is 0 Å². The van der Waals surface area contributed by atoms with Gasteiger partial charge in [0.25, 0.3) is 5.91 Å². The first-order valence-corrected chi connectivity index (χ1v) is 9.77. The molecular formula is C21H22Cl2N2O4. The highest BCUT2D eigenvalue weighted by atomic mass is 35.5. The minimum absolute atomic E-state index is 0.142. The first-order chi connectivity index (χ1) is 13.8. The van der Waals surface area contributed by atoms with E-state index in [1.165, 1.54) is 0 Å². The van der Waals surface area contributed by atoms with Crippen LogP contribution in [0.1, 0.15) is 19.4 Å². The zero-order valence-electron chi connectivity index (χ0n) is 16.1. The van der Waals surface area contributed by atoms with Gasteiger partial charge >= 0.3 is 5.97 Å². The normalized spacial score (nSPS) is 11.6. The summed E-state index contributed by atoms with van der Waals surface area (Å²) in [5.74, 6) is -1.81. The van der Waals surface area contributed by atoms with Crippen molar-refractivity contribution in [2.45, 2.75) is 26.3 Å². The topological polar surface area (TPSA) is 84.5 Å². The number of esters is 1. The smallest absolute Gasteiger partial charge is 0.329 e. The van der Waals surface area contributed by atoms with E-state index < -0.39 is 24.5 Å². The number of hydrogen-bond donors (Lipinski definition) is 2. The number of amides is 2. The molecule has 8 heteroatoms. The Bertz CT molecular complexity index is 852. The summed E-state index contributed by atoms with van der Waals surface area (Å²) in [5.41, 5.74) is 1.07. The average molecular weight is 437 g/mol. The number of carbonyl (C=O) groups excluding carboxylic acids is 3. The van der Waals surface area contributed by atoms with E-state index in [9.17, 15) is 14.4 Å². The lowest BCUT2D eigenvalue weighted by molar-refractivity contribution is -0.151. The fourth-order valence-corrected chi connectivity index (χ4v) is 3.01. The van der Waals surface area contributed by atoms with E-state index in [1.54, 1.807) is 32.0 Å². The maximum absolute atomic E-state index is 12.4. The van der Waals surface area contributed by atoms with Crippen molar-refractivity contribution in [3.05, 3.63) is 64.1 Å². The molecule has 0 aliphatic rings. The third-order valence-corrected chi connectivity index (χ3v) is 4.65. The summed E-state index contributed by atoms with van der Waals surface area (Å²) in [6, 6.07) is 13.1. The van der Waals surface area contributed by atoms with E-state index in [0.29, 0.717) is 0 Å². The lowest BCUT2D eigenvalue weighted by Crippen LogP contribution is -2.46. The van der Waals surface area contributed by atoms with Gasteiger partial charge in [-0.2, -0.15) is 0 Å². The van der Waals surface area contributed by atoms with Crippen molar-refractivity contribution in [1.29, 1.82) is 0 Å². The summed E-state index contributed by atoms with van der Waals surface area (Å²) in [6.45, 7) is 3.02. The largest absolute Gasteiger partial charge is 0.454 e. The van der Waals surface area contributed by atoms with Gasteiger partial charge in [-0.15, -0.1) is 0 Å². The number of nitrogens with one attached hydrogen (secondary N) is 2. The standard InChI is InChI=1S/C21H22Cl2N2O4/c1-13(2)19(24-17(26)11-14-7-4-3-5-8-14)21(28)29-12-18(27)25-20-15(22)9-6-10-16(20)23/h3-10,13,19H,11-12H2,1-2H3,(H,24,26)(H,25,27)/t19-/m0/s1. The van der Waals surface area contributed by atoms with Gasteiger partial charge < -0.3 is 15.4 Å². The van der Waals surface area contributed by atoms with E-state index in [-0.39, 0.29) is 34.0 Å². The van der Waals surface area contributed by atoms with Crippen LogP contribution in [0.3, 0.4) is 0 Å². The molecule has 0 unspecified atom stereocenters. The zero-order chi connectivity index (χ0) is 21.4. The van der Waals surface area contributed by atoms with Crippen molar-refractivity contribution >= 4 is 46.7 Å². The Morgan fingerprint density at radius 1 is 0.931 bits per heavy atom. The fraction of sp³-hybridized carbons (Fsp3) is 0.286. The Morgan fingerprint density at radius 2 is 1.55 bits per heavy atom. The van der Waals surface area contributed by atoms with Gasteiger partial charge in [0.15, 0.2) is 6.61 Å². The summed E-state index contributed by atoms with van der Waals surface area (Å²) in [5, 5.41) is 5.71. The quantitative estimate of drug-likeness (QED) is 0.615. The van der Waals surface area contributed by atoms with Crippen molar-refractivity contribution in [3.63, 3.8) is 0 Å². The molecule has 0 bridgehead atoms. The number of halogens is 2. The third-order valence-electron chi connectivity index (χ3n) is 4.02. The highest BCUT2D eigenvalue weighted by Crippen LogP contribution is 2.29. The second-order valence-corrected chi connectivity index (χ2v) is 7.52. The number of rotatable bonds is 8. The Kier molecular flexibility index (Phi) is 8.49. The van der Waals surface area contributed by atoms with Crippen LogP contribution in [0.25, 0.3) is 0 Å². The molecule has 6 nitrogen and oxygen atoms in total. The lowest BCUT2D eigenvalue weighted by atomic mass is 10.0. The summed E-state index contributed by atoms with van der Waals surface area (Å²) in [7, 11) is 0. The van der Waals surface area contributed by atoms with Gasteiger partial charge in [-0.25, -0.2) is 4.79 Å². The molecule has 2 amide bonds. The van der Waals surface area contributed by atoms with Gasteiger partial charge in [0, 0.05) is 0 Å². The molecule has 0 saturated heterocycles. The van der Waals surface area contributed by atoms with Crippen LogP contribution >= 0.6 is 23.2 Å². The third kappa shape index (κ3) is 7.07. The second kappa shape index (κ2) is 10.8. The maximum atomic E-state index is 12.4. The molecule has 0 saturated carbocycles. The predicted octanol–water partition coefficient (Wildman–Crippen LogP) is 3.86. The van der Waals surface area contributed by atoms with Gasteiger partial charge in [0.2, 0.25) is 5.91 Å². The Morgan fingerprint density at radius 3 is 2.14 bits per heavy atom. The van der Waals surface area contributed by atoms with Crippen LogP contribution in [0.4, 0.5) is 5.69 Å². The molecule has 154 valence electrons.